The molecule has 0 aliphatic carbocycles. The summed E-state index contributed by atoms with van der Waals surface area (Å²) in [7, 11) is 0. The van der Waals surface area contributed by atoms with Gasteiger partial charge in [-0.15, -0.1) is 0 Å². The summed E-state index contributed by atoms with van der Waals surface area (Å²) in [5.74, 6) is 0. The number of hydrogen-bond donors (Lipinski definition) is 1. The van der Waals surface area contributed by atoms with Crippen LogP contribution in [0.25, 0.3) is 10.9 Å². The first-order chi connectivity index (χ1) is 11.8. The van der Waals surface area contributed by atoms with Crippen LogP contribution in [0.1, 0.15) is 11.3 Å². The van der Waals surface area contributed by atoms with Crippen molar-refractivity contribution in [2.45, 2.75) is 13.8 Å². The molecule has 0 unspecified atom stereocenters. The Labute approximate surface area is 142 Å². The van der Waals surface area contributed by atoms with Crippen LogP contribution in [0.4, 0.5) is 17.1 Å². The molecule has 4 rings (SSSR count). The second kappa shape index (κ2) is 5.89. The molecule has 1 heterocycles. The molecule has 0 saturated carbocycles. The van der Waals surface area contributed by atoms with Crippen LogP contribution in [-0.2, 0) is 0 Å². The molecule has 0 spiro atoms. The number of rotatable bonds is 3. The Morgan fingerprint density at radius 2 is 1.25 bits per heavy atom. The molecule has 0 atom stereocenters. The first kappa shape index (κ1) is 14.6. The number of benzene rings is 3. The molecular weight excluding hydrogens is 292 g/mol. The maximum absolute atomic E-state index is 3.50. The summed E-state index contributed by atoms with van der Waals surface area (Å²) in [5.41, 5.74) is 7.23. The third-order valence-electron chi connectivity index (χ3n) is 4.57. The van der Waals surface area contributed by atoms with E-state index in [0.29, 0.717) is 0 Å². The van der Waals surface area contributed by atoms with Crippen molar-refractivity contribution in [3.05, 3.63) is 90.1 Å². The average molecular weight is 312 g/mol. The van der Waals surface area contributed by atoms with E-state index in [1.807, 2.05) is 0 Å². The summed E-state index contributed by atoms with van der Waals surface area (Å²) in [6.45, 7) is 4.32. The molecule has 0 saturated heterocycles. The van der Waals surface area contributed by atoms with Gasteiger partial charge in [0.2, 0.25) is 0 Å². The van der Waals surface area contributed by atoms with Crippen molar-refractivity contribution in [2.24, 2.45) is 0 Å². The lowest BCUT2D eigenvalue weighted by atomic mass is 10.1. The van der Waals surface area contributed by atoms with Crippen LogP contribution in [0, 0.1) is 13.8 Å². The monoisotopic (exact) mass is 312 g/mol. The molecule has 0 radical (unpaired) electrons. The number of nitrogens with one attached hydrogen (secondary N) is 1. The normalized spacial score (nSPS) is 10.9. The van der Waals surface area contributed by atoms with Crippen molar-refractivity contribution in [3.63, 3.8) is 0 Å². The van der Waals surface area contributed by atoms with Crippen LogP contribution in [-0.4, -0.2) is 4.98 Å². The molecule has 2 heteroatoms. The standard InChI is InChI=1S/C22H20N2/c1-16-17(2)23-20-14-9-15-21(22(16)20)24(18-10-5-3-6-11-18)19-12-7-4-8-13-19/h3-15,23H,1-2H3. The number of anilines is 3. The summed E-state index contributed by atoms with van der Waals surface area (Å²) in [6, 6.07) is 27.5. The van der Waals surface area contributed by atoms with Gasteiger partial charge in [0.15, 0.2) is 0 Å². The predicted molar refractivity (Wildman–Crippen MR) is 102 cm³/mol. The van der Waals surface area contributed by atoms with E-state index < -0.39 is 0 Å². The van der Waals surface area contributed by atoms with E-state index in [-0.39, 0.29) is 0 Å². The quantitative estimate of drug-likeness (QED) is 0.473. The summed E-state index contributed by atoms with van der Waals surface area (Å²) >= 11 is 0. The molecule has 0 amide bonds. The fourth-order valence-electron chi connectivity index (χ4n) is 3.29. The van der Waals surface area contributed by atoms with Crippen LogP contribution < -0.4 is 4.90 Å². The topological polar surface area (TPSA) is 19.0 Å². The van der Waals surface area contributed by atoms with E-state index in [9.17, 15) is 0 Å². The van der Waals surface area contributed by atoms with Gasteiger partial charge < -0.3 is 9.88 Å². The summed E-state index contributed by atoms with van der Waals surface area (Å²) < 4.78 is 0. The number of H-pyrrole nitrogens is 1. The molecule has 24 heavy (non-hydrogen) atoms. The van der Waals surface area contributed by atoms with Crippen molar-refractivity contribution < 1.29 is 0 Å². The minimum Gasteiger partial charge on any atom is -0.358 e. The molecule has 1 aromatic heterocycles. The van der Waals surface area contributed by atoms with Gasteiger partial charge in [-0.1, -0.05) is 42.5 Å². The summed E-state index contributed by atoms with van der Waals surface area (Å²) in [5, 5.41) is 1.28. The number of nitrogens with zero attached hydrogens (tertiary/aromatic N) is 1. The zero-order valence-corrected chi connectivity index (χ0v) is 14.0. The Hall–Kier alpha value is -3.00. The van der Waals surface area contributed by atoms with Crippen molar-refractivity contribution in [1.82, 2.24) is 4.98 Å². The van der Waals surface area contributed by atoms with Gasteiger partial charge in [0.25, 0.3) is 0 Å². The molecular formula is C22H20N2. The molecule has 0 aliphatic heterocycles. The van der Waals surface area contributed by atoms with Crippen LogP contribution in [0.15, 0.2) is 78.9 Å². The second-order valence-electron chi connectivity index (χ2n) is 6.08. The summed E-state index contributed by atoms with van der Waals surface area (Å²) in [4.78, 5) is 5.82. The smallest absolute Gasteiger partial charge is 0.0558 e. The van der Waals surface area contributed by atoms with E-state index in [4.69, 9.17) is 0 Å². The van der Waals surface area contributed by atoms with Crippen LogP contribution in [0.5, 0.6) is 0 Å². The maximum Gasteiger partial charge on any atom is 0.0558 e. The van der Waals surface area contributed by atoms with E-state index >= 15 is 0 Å². The Bertz CT molecular complexity index is 929. The Kier molecular flexibility index (Phi) is 3.58. The van der Waals surface area contributed by atoms with Gasteiger partial charge >= 0.3 is 0 Å². The minimum atomic E-state index is 1.16. The predicted octanol–water partition coefficient (Wildman–Crippen LogP) is 6.25. The van der Waals surface area contributed by atoms with Gasteiger partial charge in [-0.25, -0.2) is 0 Å². The van der Waals surface area contributed by atoms with Crippen LogP contribution in [0.3, 0.4) is 0 Å². The molecule has 2 nitrogen and oxygen atoms in total. The molecule has 3 aromatic carbocycles. The van der Waals surface area contributed by atoms with Crippen LogP contribution >= 0.6 is 0 Å². The maximum atomic E-state index is 3.50. The van der Waals surface area contributed by atoms with E-state index in [0.717, 1.165) is 11.4 Å². The van der Waals surface area contributed by atoms with Gasteiger partial charge in [0.1, 0.15) is 0 Å². The van der Waals surface area contributed by atoms with Crippen molar-refractivity contribution in [1.29, 1.82) is 0 Å². The van der Waals surface area contributed by atoms with E-state index in [2.05, 4.69) is 103 Å². The lowest BCUT2D eigenvalue weighted by Crippen LogP contribution is -2.10. The van der Waals surface area contributed by atoms with Gasteiger partial charge in [-0.2, -0.15) is 0 Å². The minimum absolute atomic E-state index is 1.16. The van der Waals surface area contributed by atoms with Gasteiger partial charge in [0, 0.05) is 28.0 Å². The highest BCUT2D eigenvalue weighted by atomic mass is 15.1. The fraction of sp³-hybridized carbons (Fsp3) is 0.0909. The van der Waals surface area contributed by atoms with Crippen molar-refractivity contribution >= 4 is 28.0 Å². The Balaban J connectivity index is 2.02. The number of aromatic amines is 1. The van der Waals surface area contributed by atoms with Gasteiger partial charge in [-0.05, 0) is 55.8 Å². The zero-order chi connectivity index (χ0) is 16.5. The lowest BCUT2D eigenvalue weighted by Gasteiger charge is -2.26. The van der Waals surface area contributed by atoms with Crippen LogP contribution in [0.2, 0.25) is 0 Å². The molecule has 0 aliphatic rings. The molecule has 1 N–H and O–H groups in total. The van der Waals surface area contributed by atoms with E-state index in [1.54, 1.807) is 0 Å². The third kappa shape index (κ3) is 2.37. The fourth-order valence-corrected chi connectivity index (χ4v) is 3.29. The number of fused-ring (bicyclic) bond motifs is 1. The Morgan fingerprint density at radius 1 is 0.667 bits per heavy atom. The number of para-hydroxylation sites is 2. The zero-order valence-electron chi connectivity index (χ0n) is 14.0. The number of aryl methyl sites for hydroxylation is 2. The van der Waals surface area contributed by atoms with Crippen molar-refractivity contribution in [2.75, 3.05) is 4.90 Å². The van der Waals surface area contributed by atoms with Gasteiger partial charge in [0.05, 0.1) is 5.69 Å². The highest BCUT2D eigenvalue weighted by Gasteiger charge is 2.17. The largest absolute Gasteiger partial charge is 0.358 e. The van der Waals surface area contributed by atoms with E-state index in [1.165, 1.54) is 27.8 Å². The van der Waals surface area contributed by atoms with Crippen molar-refractivity contribution in [3.8, 4) is 0 Å². The first-order valence-electron chi connectivity index (χ1n) is 8.24. The number of hydrogen-bond acceptors (Lipinski definition) is 1. The Morgan fingerprint density at radius 3 is 1.83 bits per heavy atom. The number of aromatic nitrogens is 1. The summed E-state index contributed by atoms with van der Waals surface area (Å²) in [6.07, 6.45) is 0. The SMILES string of the molecule is Cc1[nH]c2cccc(N(c3ccccc3)c3ccccc3)c2c1C. The molecule has 4 aromatic rings. The molecule has 0 bridgehead atoms. The third-order valence-corrected chi connectivity index (χ3v) is 4.57. The molecule has 118 valence electrons. The highest BCUT2D eigenvalue weighted by Crippen LogP contribution is 2.40. The average Bonchev–Trinajstić information content (AvgIpc) is 2.92. The molecule has 0 fully saturated rings. The lowest BCUT2D eigenvalue weighted by molar-refractivity contribution is 1.25. The first-order valence-corrected chi connectivity index (χ1v) is 8.24. The van der Waals surface area contributed by atoms with Gasteiger partial charge in [-0.3, -0.25) is 0 Å². The highest BCUT2D eigenvalue weighted by molar-refractivity contribution is 6.00. The second-order valence-corrected chi connectivity index (χ2v) is 6.08.